The van der Waals surface area contributed by atoms with Gasteiger partial charge in [0, 0.05) is 12.7 Å². The lowest BCUT2D eigenvalue weighted by atomic mass is 10.1. The molecule has 4 aromatic rings. The number of rotatable bonds is 8. The number of anilines is 2. The van der Waals surface area contributed by atoms with Crippen LogP contribution in [0.1, 0.15) is 27.6 Å². The summed E-state index contributed by atoms with van der Waals surface area (Å²) in [6, 6.07) is 10.0. The van der Waals surface area contributed by atoms with Crippen LogP contribution in [0.2, 0.25) is 0 Å². The van der Waals surface area contributed by atoms with E-state index in [-0.39, 0.29) is 18.4 Å². The van der Waals surface area contributed by atoms with Gasteiger partial charge in [0.15, 0.2) is 11.2 Å². The normalized spacial score (nSPS) is 12.6. The van der Waals surface area contributed by atoms with Crippen molar-refractivity contribution in [1.82, 2.24) is 30.4 Å². The van der Waals surface area contributed by atoms with E-state index in [1.165, 1.54) is 6.33 Å². The second kappa shape index (κ2) is 11.0. The highest BCUT2D eigenvalue weighted by molar-refractivity contribution is 7.13. The summed E-state index contributed by atoms with van der Waals surface area (Å²) in [5.74, 6) is -0.0268. The van der Waals surface area contributed by atoms with Crippen molar-refractivity contribution in [2.75, 3.05) is 30.8 Å². The number of benzene rings is 1. The number of hydrogen-bond acceptors (Lipinski definition) is 11. The van der Waals surface area contributed by atoms with Gasteiger partial charge < -0.3 is 25.2 Å². The fourth-order valence-corrected chi connectivity index (χ4v) is 4.76. The Morgan fingerprint density at radius 3 is 2.95 bits per heavy atom. The van der Waals surface area contributed by atoms with Gasteiger partial charge in [-0.1, -0.05) is 18.2 Å². The number of allylic oxidation sites excluding steroid dienone is 2. The Bertz CT molecular complexity index is 1570. The molecule has 1 aromatic carbocycles. The molecule has 3 heterocycles. The van der Waals surface area contributed by atoms with Crippen molar-refractivity contribution in [3.05, 3.63) is 57.8 Å². The molecule has 192 valence electrons. The van der Waals surface area contributed by atoms with E-state index >= 15 is 0 Å². The molecule has 5 rings (SSSR count). The summed E-state index contributed by atoms with van der Waals surface area (Å²) in [5, 5.41) is 10.4. The van der Waals surface area contributed by atoms with E-state index in [2.05, 4.69) is 48.6 Å². The summed E-state index contributed by atoms with van der Waals surface area (Å²) in [6.45, 7) is 0.549. The minimum Gasteiger partial charge on any atom is -0.446 e. The van der Waals surface area contributed by atoms with Gasteiger partial charge in [0.05, 0.1) is 29.0 Å². The zero-order valence-corrected chi connectivity index (χ0v) is 21.2. The standard InChI is InChI=1S/C25H23N9O3S/c1-34(10-11-36-25(35)33-37-22-20-21(29-14-28-20)31-24(27)32-22)17-8-6-15(7-9-17)12-16(13-26)23-30-18-4-2-3-5-19(18)38-23/h3,5-9,12,14H,2,4,10-11H2,1H3,(H,33,35)(H3,27,28,29,31,32)/b16-12+. The summed E-state index contributed by atoms with van der Waals surface area (Å²) < 4.78 is 5.18. The number of nitriles is 1. The number of nitrogens with zero attached hydrogens (tertiary/aromatic N) is 6. The minimum absolute atomic E-state index is 0.00260. The highest BCUT2D eigenvalue weighted by Gasteiger charge is 2.15. The second-order valence-electron chi connectivity index (χ2n) is 8.28. The number of nitrogens with one attached hydrogen (secondary N) is 2. The van der Waals surface area contributed by atoms with Crippen LogP contribution in [0.3, 0.4) is 0 Å². The molecular formula is C25H23N9O3S. The fraction of sp³-hybridized carbons (Fsp3) is 0.200. The van der Waals surface area contributed by atoms with E-state index in [1.807, 2.05) is 42.3 Å². The molecule has 1 aliphatic rings. The number of nitrogens with two attached hydrogens (primary N) is 1. The first-order valence-electron chi connectivity index (χ1n) is 11.7. The Hall–Kier alpha value is -4.96. The number of likely N-dealkylation sites (N-methyl/N-ethyl adjacent to an activating group) is 1. The van der Waals surface area contributed by atoms with Gasteiger partial charge in [0.1, 0.15) is 17.7 Å². The fourth-order valence-electron chi connectivity index (χ4n) is 3.75. The Balaban J connectivity index is 1.12. The Morgan fingerprint density at radius 1 is 1.32 bits per heavy atom. The number of ether oxygens (including phenoxy) is 1. The number of amides is 1. The van der Waals surface area contributed by atoms with Gasteiger partial charge in [0.25, 0.3) is 5.88 Å². The van der Waals surface area contributed by atoms with Crippen LogP contribution >= 0.6 is 11.3 Å². The maximum atomic E-state index is 12.0. The smallest absolute Gasteiger partial charge is 0.440 e. The molecule has 0 atom stereocenters. The first kappa shape index (κ1) is 24.7. The van der Waals surface area contributed by atoms with Gasteiger partial charge >= 0.3 is 6.09 Å². The molecule has 0 aliphatic heterocycles. The predicted octanol–water partition coefficient (Wildman–Crippen LogP) is 3.57. The number of thiazole rings is 1. The molecular weight excluding hydrogens is 506 g/mol. The first-order chi connectivity index (χ1) is 18.5. The largest absolute Gasteiger partial charge is 0.446 e. The van der Waals surface area contributed by atoms with Crippen LogP contribution < -0.4 is 21.0 Å². The molecule has 0 fully saturated rings. The summed E-state index contributed by atoms with van der Waals surface area (Å²) in [5.41, 5.74) is 11.9. The lowest BCUT2D eigenvalue weighted by Crippen LogP contribution is -2.31. The van der Waals surface area contributed by atoms with Gasteiger partial charge in [-0.2, -0.15) is 20.7 Å². The van der Waals surface area contributed by atoms with Crippen LogP contribution in [0, 0.1) is 11.3 Å². The molecule has 0 saturated heterocycles. The van der Waals surface area contributed by atoms with E-state index in [1.54, 1.807) is 11.3 Å². The van der Waals surface area contributed by atoms with E-state index in [0.29, 0.717) is 23.3 Å². The number of nitrogen functional groups attached to an aromatic ring is 1. The van der Waals surface area contributed by atoms with Crippen molar-refractivity contribution in [3.63, 3.8) is 0 Å². The van der Waals surface area contributed by atoms with Crippen molar-refractivity contribution >= 4 is 58.0 Å². The predicted molar refractivity (Wildman–Crippen MR) is 144 cm³/mol. The molecule has 13 heteroatoms. The van der Waals surface area contributed by atoms with Crippen LogP contribution in [0.5, 0.6) is 5.88 Å². The molecule has 1 amide bonds. The van der Waals surface area contributed by atoms with Gasteiger partial charge in [0.2, 0.25) is 5.95 Å². The number of aromatic nitrogens is 5. The van der Waals surface area contributed by atoms with E-state index in [4.69, 9.17) is 15.3 Å². The number of H-pyrrole nitrogens is 1. The summed E-state index contributed by atoms with van der Waals surface area (Å²) in [6.07, 6.45) is 8.56. The average Bonchev–Trinajstić information content (AvgIpc) is 3.57. The van der Waals surface area contributed by atoms with Crippen molar-refractivity contribution in [2.24, 2.45) is 0 Å². The van der Waals surface area contributed by atoms with Gasteiger partial charge in [-0.15, -0.1) is 11.3 Å². The third-order valence-corrected chi connectivity index (χ3v) is 6.79. The van der Waals surface area contributed by atoms with Crippen molar-refractivity contribution < 1.29 is 14.4 Å². The van der Waals surface area contributed by atoms with E-state index < -0.39 is 6.09 Å². The van der Waals surface area contributed by atoms with Crippen LogP contribution in [0.25, 0.3) is 28.9 Å². The second-order valence-corrected chi connectivity index (χ2v) is 9.31. The minimum atomic E-state index is -0.789. The third kappa shape index (κ3) is 5.55. The van der Waals surface area contributed by atoms with Crippen molar-refractivity contribution in [3.8, 4) is 11.9 Å². The first-order valence-corrected chi connectivity index (χ1v) is 12.5. The SMILES string of the molecule is CN(CCOC(=O)NOc1nc(N)nc2[nH]cnc12)c1ccc(/C=C(\C#N)c2nc3c(s2)C=CCC3)cc1. The molecule has 0 radical (unpaired) electrons. The number of aryl methyl sites for hydroxylation is 1. The molecule has 0 spiro atoms. The maximum absolute atomic E-state index is 12.0. The number of aromatic amines is 1. The lowest BCUT2D eigenvalue weighted by molar-refractivity contribution is 0.101. The Kier molecular flexibility index (Phi) is 7.14. The van der Waals surface area contributed by atoms with Gasteiger partial charge in [-0.3, -0.25) is 0 Å². The zero-order chi connectivity index (χ0) is 26.5. The van der Waals surface area contributed by atoms with E-state index in [9.17, 15) is 10.1 Å². The molecule has 0 bridgehead atoms. The van der Waals surface area contributed by atoms with Crippen molar-refractivity contribution in [1.29, 1.82) is 5.26 Å². The average molecular weight is 530 g/mol. The van der Waals surface area contributed by atoms with Crippen LogP contribution in [-0.2, 0) is 11.2 Å². The van der Waals surface area contributed by atoms with Crippen LogP contribution in [-0.4, -0.2) is 51.2 Å². The molecule has 12 nitrogen and oxygen atoms in total. The Morgan fingerprint density at radius 2 is 2.16 bits per heavy atom. The topological polar surface area (TPSA) is 168 Å². The molecule has 1 aliphatic carbocycles. The number of hydrogen-bond donors (Lipinski definition) is 3. The third-order valence-electron chi connectivity index (χ3n) is 5.70. The summed E-state index contributed by atoms with van der Waals surface area (Å²) >= 11 is 1.54. The highest BCUT2D eigenvalue weighted by atomic mass is 32.1. The molecule has 38 heavy (non-hydrogen) atoms. The lowest BCUT2D eigenvalue weighted by Gasteiger charge is -2.19. The van der Waals surface area contributed by atoms with Crippen molar-refractivity contribution in [2.45, 2.75) is 12.8 Å². The number of hydroxylamine groups is 1. The van der Waals surface area contributed by atoms with Crippen LogP contribution in [0.15, 0.2) is 36.7 Å². The molecule has 0 saturated carbocycles. The van der Waals surface area contributed by atoms with Gasteiger partial charge in [-0.25, -0.2) is 14.8 Å². The molecule has 3 aromatic heterocycles. The summed E-state index contributed by atoms with van der Waals surface area (Å²) in [4.78, 5) is 39.6. The number of fused-ring (bicyclic) bond motifs is 2. The number of carbonyl (C=O) groups is 1. The Labute approximate surface area is 221 Å². The maximum Gasteiger partial charge on any atom is 0.440 e. The monoisotopic (exact) mass is 529 g/mol. The van der Waals surface area contributed by atoms with E-state index in [0.717, 1.165) is 39.7 Å². The zero-order valence-electron chi connectivity index (χ0n) is 20.3. The molecule has 0 unspecified atom stereocenters. The quantitative estimate of drug-likeness (QED) is 0.227. The highest BCUT2D eigenvalue weighted by Crippen LogP contribution is 2.30. The number of imidazole rings is 1. The molecule has 4 N–H and O–H groups in total. The van der Waals surface area contributed by atoms with Crippen LogP contribution in [0.4, 0.5) is 16.4 Å². The summed E-state index contributed by atoms with van der Waals surface area (Å²) in [7, 11) is 1.88. The van der Waals surface area contributed by atoms with Gasteiger partial charge in [-0.05, 0) is 42.7 Å². The number of carbonyl (C=O) groups excluding carboxylic acids is 1.